The van der Waals surface area contributed by atoms with Crippen molar-refractivity contribution in [1.29, 1.82) is 0 Å². The second kappa shape index (κ2) is 9.44. The summed E-state index contributed by atoms with van der Waals surface area (Å²) >= 11 is 0. The lowest BCUT2D eigenvalue weighted by molar-refractivity contribution is -0.127. The standard InChI is InChI=1S/C25H23N3O5/c1-3-33-21-13-12-16-8-4-5-9-17(16)18(21)14-20-24(30)28(25(31)27-20)15-23(29)26-19-10-6-7-11-22(19)32-2/h4-14H,3,15H2,1-2H3,(H,26,29)(H,27,31)/b20-14+. The predicted octanol–water partition coefficient (Wildman–Crippen LogP) is 3.78. The first-order valence-electron chi connectivity index (χ1n) is 10.4. The third kappa shape index (κ3) is 4.50. The first-order chi connectivity index (χ1) is 16.0. The van der Waals surface area contributed by atoms with E-state index < -0.39 is 24.4 Å². The van der Waals surface area contributed by atoms with E-state index in [0.717, 1.165) is 15.7 Å². The average molecular weight is 445 g/mol. The fourth-order valence-corrected chi connectivity index (χ4v) is 3.65. The van der Waals surface area contributed by atoms with Crippen LogP contribution in [0.1, 0.15) is 12.5 Å². The van der Waals surface area contributed by atoms with E-state index in [0.29, 0.717) is 29.4 Å². The van der Waals surface area contributed by atoms with Gasteiger partial charge in [-0.15, -0.1) is 0 Å². The summed E-state index contributed by atoms with van der Waals surface area (Å²) in [5.74, 6) is -0.0452. The molecule has 0 bridgehead atoms. The maximum atomic E-state index is 13.0. The van der Waals surface area contributed by atoms with Crippen molar-refractivity contribution in [3.05, 3.63) is 71.9 Å². The number of urea groups is 1. The van der Waals surface area contributed by atoms with E-state index in [-0.39, 0.29) is 5.70 Å². The van der Waals surface area contributed by atoms with E-state index in [4.69, 9.17) is 9.47 Å². The zero-order chi connectivity index (χ0) is 23.4. The van der Waals surface area contributed by atoms with Gasteiger partial charge in [0.25, 0.3) is 5.91 Å². The lowest BCUT2D eigenvalue weighted by Crippen LogP contribution is -2.38. The van der Waals surface area contributed by atoms with Crippen molar-refractivity contribution in [2.24, 2.45) is 0 Å². The predicted molar refractivity (Wildman–Crippen MR) is 125 cm³/mol. The topological polar surface area (TPSA) is 97.0 Å². The summed E-state index contributed by atoms with van der Waals surface area (Å²) in [4.78, 5) is 38.8. The third-order valence-corrected chi connectivity index (χ3v) is 5.16. The number of benzene rings is 3. The molecule has 0 saturated carbocycles. The van der Waals surface area contributed by atoms with E-state index in [1.54, 1.807) is 30.3 Å². The molecule has 1 aliphatic heterocycles. The fraction of sp³-hybridized carbons (Fsp3) is 0.160. The van der Waals surface area contributed by atoms with Crippen LogP contribution in [0.5, 0.6) is 11.5 Å². The minimum atomic E-state index is -0.667. The minimum Gasteiger partial charge on any atom is -0.495 e. The van der Waals surface area contributed by atoms with E-state index in [1.807, 2.05) is 43.3 Å². The first-order valence-corrected chi connectivity index (χ1v) is 10.4. The van der Waals surface area contributed by atoms with Crippen LogP contribution < -0.4 is 20.1 Å². The van der Waals surface area contributed by atoms with Gasteiger partial charge in [-0.1, -0.05) is 42.5 Å². The van der Waals surface area contributed by atoms with Gasteiger partial charge in [0.2, 0.25) is 5.91 Å². The molecule has 1 aliphatic rings. The van der Waals surface area contributed by atoms with Gasteiger partial charge >= 0.3 is 6.03 Å². The number of hydrogen-bond donors (Lipinski definition) is 2. The van der Waals surface area contributed by atoms with E-state index in [9.17, 15) is 14.4 Å². The molecule has 8 nitrogen and oxygen atoms in total. The molecule has 1 fully saturated rings. The number of rotatable bonds is 7. The number of carbonyl (C=O) groups excluding carboxylic acids is 3. The fourth-order valence-electron chi connectivity index (χ4n) is 3.65. The van der Waals surface area contributed by atoms with Crippen LogP contribution in [0.2, 0.25) is 0 Å². The number of para-hydroxylation sites is 2. The van der Waals surface area contributed by atoms with Gasteiger partial charge in [-0.05, 0) is 42.0 Å². The second-order valence-corrected chi connectivity index (χ2v) is 7.26. The normalized spacial score (nSPS) is 14.5. The molecule has 4 amide bonds. The lowest BCUT2D eigenvalue weighted by Gasteiger charge is -2.13. The molecule has 0 unspecified atom stereocenters. The zero-order valence-corrected chi connectivity index (χ0v) is 18.3. The molecule has 0 radical (unpaired) electrons. The van der Waals surface area contributed by atoms with Crippen LogP contribution in [0.15, 0.2) is 66.4 Å². The molecule has 3 aromatic carbocycles. The molecule has 0 aromatic heterocycles. The number of methoxy groups -OCH3 is 1. The summed E-state index contributed by atoms with van der Waals surface area (Å²) in [5.41, 5.74) is 1.20. The number of fused-ring (bicyclic) bond motifs is 1. The summed E-state index contributed by atoms with van der Waals surface area (Å²) in [6.45, 7) is 1.88. The van der Waals surface area contributed by atoms with Gasteiger partial charge in [-0.3, -0.25) is 9.59 Å². The summed E-state index contributed by atoms with van der Waals surface area (Å²) in [7, 11) is 1.49. The van der Waals surface area contributed by atoms with Crippen LogP contribution >= 0.6 is 0 Å². The van der Waals surface area contributed by atoms with Crippen LogP contribution in [0.4, 0.5) is 10.5 Å². The maximum Gasteiger partial charge on any atom is 0.329 e. The Labute approximate surface area is 190 Å². The Kier molecular flexibility index (Phi) is 6.26. The third-order valence-electron chi connectivity index (χ3n) is 5.16. The lowest BCUT2D eigenvalue weighted by atomic mass is 10.0. The van der Waals surface area contributed by atoms with Gasteiger partial charge in [0.15, 0.2) is 0 Å². The largest absolute Gasteiger partial charge is 0.495 e. The zero-order valence-electron chi connectivity index (χ0n) is 18.3. The van der Waals surface area contributed by atoms with Crippen molar-refractivity contribution in [2.45, 2.75) is 6.92 Å². The Balaban J connectivity index is 1.59. The van der Waals surface area contributed by atoms with Crippen LogP contribution in [-0.4, -0.2) is 43.0 Å². The second-order valence-electron chi connectivity index (χ2n) is 7.26. The SMILES string of the molecule is CCOc1ccc2ccccc2c1/C=C1/NC(=O)N(CC(=O)Nc2ccccc2OC)C1=O. The molecule has 3 aromatic rings. The molecule has 33 heavy (non-hydrogen) atoms. The number of anilines is 1. The van der Waals surface area contributed by atoms with Crippen LogP contribution in [0.3, 0.4) is 0 Å². The summed E-state index contributed by atoms with van der Waals surface area (Å²) < 4.78 is 11.0. The van der Waals surface area contributed by atoms with Gasteiger partial charge in [-0.2, -0.15) is 0 Å². The number of hydrogen-bond acceptors (Lipinski definition) is 5. The van der Waals surface area contributed by atoms with E-state index >= 15 is 0 Å². The van der Waals surface area contributed by atoms with Gasteiger partial charge < -0.3 is 20.1 Å². The molecule has 2 N–H and O–H groups in total. The van der Waals surface area contributed by atoms with Gasteiger partial charge in [-0.25, -0.2) is 9.69 Å². The molecule has 1 heterocycles. The molecule has 168 valence electrons. The number of imide groups is 1. The highest BCUT2D eigenvalue weighted by Crippen LogP contribution is 2.31. The smallest absolute Gasteiger partial charge is 0.329 e. The Morgan fingerprint density at radius 3 is 2.58 bits per heavy atom. The van der Waals surface area contributed by atoms with Crippen LogP contribution in [0, 0.1) is 0 Å². The summed E-state index contributed by atoms with van der Waals surface area (Å²) in [6, 6.07) is 17.7. The quantitative estimate of drug-likeness (QED) is 0.426. The highest BCUT2D eigenvalue weighted by molar-refractivity contribution is 6.16. The van der Waals surface area contributed by atoms with Crippen molar-refractivity contribution < 1.29 is 23.9 Å². The molecular weight excluding hydrogens is 422 g/mol. The number of nitrogens with zero attached hydrogens (tertiary/aromatic N) is 1. The summed E-state index contributed by atoms with van der Waals surface area (Å²) in [6.07, 6.45) is 1.59. The van der Waals surface area contributed by atoms with E-state index in [1.165, 1.54) is 7.11 Å². The first kappa shape index (κ1) is 21.9. The van der Waals surface area contributed by atoms with Crippen molar-refractivity contribution in [1.82, 2.24) is 10.2 Å². The Bertz CT molecular complexity index is 1270. The monoisotopic (exact) mass is 445 g/mol. The Morgan fingerprint density at radius 1 is 1.03 bits per heavy atom. The van der Waals surface area contributed by atoms with Gasteiger partial charge in [0.05, 0.1) is 19.4 Å². The molecular formula is C25H23N3O5. The molecule has 4 rings (SSSR count). The molecule has 8 heteroatoms. The van der Waals surface area contributed by atoms with E-state index in [2.05, 4.69) is 10.6 Å². The molecule has 0 atom stereocenters. The highest BCUT2D eigenvalue weighted by Gasteiger charge is 2.35. The van der Waals surface area contributed by atoms with Crippen molar-refractivity contribution in [3.63, 3.8) is 0 Å². The van der Waals surface area contributed by atoms with Gasteiger partial charge in [0, 0.05) is 5.56 Å². The minimum absolute atomic E-state index is 0.0717. The number of carbonyl (C=O) groups is 3. The Morgan fingerprint density at radius 2 is 1.79 bits per heavy atom. The van der Waals surface area contributed by atoms with Crippen molar-refractivity contribution >= 4 is 40.4 Å². The van der Waals surface area contributed by atoms with Crippen molar-refractivity contribution in [3.8, 4) is 11.5 Å². The highest BCUT2D eigenvalue weighted by atomic mass is 16.5. The van der Waals surface area contributed by atoms with Gasteiger partial charge in [0.1, 0.15) is 23.7 Å². The molecule has 0 aliphatic carbocycles. The number of amides is 4. The summed E-state index contributed by atoms with van der Waals surface area (Å²) in [5, 5.41) is 7.08. The van der Waals surface area contributed by atoms with Crippen molar-refractivity contribution in [2.75, 3.05) is 25.6 Å². The molecule has 1 saturated heterocycles. The number of ether oxygens (including phenoxy) is 2. The number of nitrogens with one attached hydrogen (secondary N) is 2. The maximum absolute atomic E-state index is 13.0. The van der Waals surface area contributed by atoms with Crippen LogP contribution in [-0.2, 0) is 9.59 Å². The average Bonchev–Trinajstić information content (AvgIpc) is 3.08. The molecule has 0 spiro atoms. The van der Waals surface area contributed by atoms with Crippen LogP contribution in [0.25, 0.3) is 16.8 Å². The Hall–Kier alpha value is -4.33.